The van der Waals surface area contributed by atoms with Gasteiger partial charge in [-0.1, -0.05) is 48.5 Å². The maximum atomic E-state index is 10.6. The maximum Gasteiger partial charge on any atom is 2.00 e. The van der Waals surface area contributed by atoms with Gasteiger partial charge in [0, 0.05) is 39.3 Å². The summed E-state index contributed by atoms with van der Waals surface area (Å²) >= 11 is 0. The predicted octanol–water partition coefficient (Wildman–Crippen LogP) is -1.25. The van der Waals surface area contributed by atoms with Gasteiger partial charge in [-0.25, -0.2) is 0 Å². The zero-order valence-electron chi connectivity index (χ0n) is 22.0. The number of carbonyl (C=O) groups excluding carboxylic acids is 4. The first-order valence-electron chi connectivity index (χ1n) is 12.5. The van der Waals surface area contributed by atoms with E-state index in [1.165, 1.54) is 112 Å². The fourth-order valence-corrected chi connectivity index (χ4v) is 4.52. The molecule has 3 heterocycles. The van der Waals surface area contributed by atoms with Gasteiger partial charge in [-0.2, -0.15) is 0 Å². The van der Waals surface area contributed by atoms with Crippen molar-refractivity contribution in [1.82, 2.24) is 9.80 Å². The van der Waals surface area contributed by atoms with Crippen LogP contribution in [0.2, 0.25) is 0 Å². The molecule has 10 nitrogen and oxygen atoms in total. The summed E-state index contributed by atoms with van der Waals surface area (Å²) < 4.78 is 0. The molecule has 0 aliphatic carbocycles. The van der Waals surface area contributed by atoms with Crippen LogP contribution in [0.15, 0.2) is 72.8 Å². The minimum Gasteiger partial charge on any atom is -0.545 e. The summed E-state index contributed by atoms with van der Waals surface area (Å²) in [5.41, 5.74) is 0.254. The van der Waals surface area contributed by atoms with Crippen molar-refractivity contribution in [2.24, 2.45) is 0 Å². The number of carboxylic acid groups (broad SMARTS) is 4. The number of hydrogen-bond acceptors (Lipinski definition) is 10. The van der Waals surface area contributed by atoms with Crippen LogP contribution >= 0.6 is 0 Å². The van der Waals surface area contributed by atoms with Crippen LogP contribution in [-0.2, 0) is 33.0 Å². The Labute approximate surface area is 261 Å². The van der Waals surface area contributed by atoms with Gasteiger partial charge in [0.1, 0.15) is 0 Å². The van der Waals surface area contributed by atoms with Crippen molar-refractivity contribution in [3.05, 3.63) is 95.1 Å². The first kappa shape index (κ1) is 34.4. The average Bonchev–Trinajstić information content (AvgIpc) is 2.97. The van der Waals surface area contributed by atoms with Crippen LogP contribution in [0, 0.1) is 0 Å². The van der Waals surface area contributed by atoms with Crippen LogP contribution in [0.5, 0.6) is 0 Å². The average molecular weight is 658 g/mol. The van der Waals surface area contributed by atoms with Crippen LogP contribution in [0.3, 0.4) is 0 Å². The number of aromatic carboxylic acids is 4. The van der Waals surface area contributed by atoms with E-state index in [4.69, 9.17) is 0 Å². The van der Waals surface area contributed by atoms with E-state index in [1.54, 1.807) is 0 Å². The van der Waals surface area contributed by atoms with E-state index in [0.29, 0.717) is 21.5 Å². The van der Waals surface area contributed by atoms with Crippen molar-refractivity contribution in [3.8, 4) is 0 Å². The third kappa shape index (κ3) is 8.84. The number of benzene rings is 4. The van der Waals surface area contributed by atoms with Crippen LogP contribution in [-0.4, -0.2) is 72.9 Å². The Morgan fingerprint density at radius 1 is 0.405 bits per heavy atom. The van der Waals surface area contributed by atoms with Crippen molar-refractivity contribution in [2.75, 3.05) is 39.3 Å². The molecule has 12 heteroatoms. The number of carbonyl (C=O) groups is 4. The van der Waals surface area contributed by atoms with Gasteiger partial charge in [0.05, 0.1) is 23.9 Å². The molecule has 4 aromatic rings. The van der Waals surface area contributed by atoms with Gasteiger partial charge >= 0.3 is 33.0 Å². The minimum atomic E-state index is -1.26. The standard InChI is InChI=1S/2C12H8O4.C6H12N2.2Ni/c2*13-11(14)9-3-1-7-5-10(12(15)16)4-2-8(7)6-9;1-2-8-5-3-7(1)4-6-8;;/h2*1-6H,(H,13,14)(H,15,16);1-6H2;;/q;;;2*+2/p-4. The summed E-state index contributed by atoms with van der Waals surface area (Å²) in [6, 6.07) is 17.4. The monoisotopic (exact) mass is 656 g/mol. The van der Waals surface area contributed by atoms with Crippen molar-refractivity contribution in [2.45, 2.75) is 0 Å². The van der Waals surface area contributed by atoms with Crippen LogP contribution in [0.25, 0.3) is 21.5 Å². The molecule has 0 N–H and O–H groups in total. The molecule has 3 aliphatic heterocycles. The molecule has 42 heavy (non-hydrogen) atoms. The largest absolute Gasteiger partial charge is 2.00 e. The Morgan fingerprint density at radius 2 is 0.595 bits per heavy atom. The van der Waals surface area contributed by atoms with Gasteiger partial charge in [0.15, 0.2) is 0 Å². The molecule has 3 aliphatic rings. The van der Waals surface area contributed by atoms with E-state index < -0.39 is 23.9 Å². The summed E-state index contributed by atoms with van der Waals surface area (Å²) in [7, 11) is 0. The fraction of sp³-hybridized carbons (Fsp3) is 0.200. The molecule has 4 aromatic carbocycles. The van der Waals surface area contributed by atoms with Crippen LogP contribution < -0.4 is 20.4 Å². The molecule has 0 radical (unpaired) electrons. The molecule has 3 fully saturated rings. The second-order valence-corrected chi connectivity index (χ2v) is 9.39. The van der Waals surface area contributed by atoms with E-state index in [2.05, 4.69) is 9.80 Å². The Bertz CT molecular complexity index is 1370. The predicted molar refractivity (Wildman–Crippen MR) is 138 cm³/mol. The second-order valence-electron chi connectivity index (χ2n) is 9.39. The summed E-state index contributed by atoms with van der Waals surface area (Å²) in [6.07, 6.45) is 0. The first-order chi connectivity index (χ1) is 19.1. The van der Waals surface area contributed by atoms with Gasteiger partial charge in [0.25, 0.3) is 0 Å². The third-order valence-corrected chi connectivity index (χ3v) is 6.82. The van der Waals surface area contributed by atoms with Gasteiger partial charge in [-0.15, -0.1) is 0 Å². The third-order valence-electron chi connectivity index (χ3n) is 6.82. The summed E-state index contributed by atoms with van der Waals surface area (Å²) in [6.45, 7) is 7.92. The summed E-state index contributed by atoms with van der Waals surface area (Å²) in [5.74, 6) is -5.03. The summed E-state index contributed by atoms with van der Waals surface area (Å²) in [5, 5.41) is 45.0. The van der Waals surface area contributed by atoms with Gasteiger partial charge in [-0.3, -0.25) is 9.80 Å². The molecular formula is C30H24N2Ni2O8. The smallest absolute Gasteiger partial charge is 0.545 e. The Balaban J connectivity index is 0.000000225. The fourth-order valence-electron chi connectivity index (χ4n) is 4.52. The molecule has 222 valence electrons. The molecular weight excluding hydrogens is 634 g/mol. The van der Waals surface area contributed by atoms with E-state index in [-0.39, 0.29) is 55.2 Å². The van der Waals surface area contributed by atoms with E-state index in [0.717, 1.165) is 0 Å². The molecule has 0 saturated carbocycles. The molecule has 2 bridgehead atoms. The maximum absolute atomic E-state index is 10.6. The number of hydrogen-bond donors (Lipinski definition) is 0. The number of piperazine rings is 3. The molecule has 0 aromatic heterocycles. The SMILES string of the molecule is C1CN2CCN1CC2.O=C([O-])c1ccc2cc(C(=O)[O-])ccc2c1.O=C([O-])c1ccc2cc(C(=O)[O-])ccc2c1.[Ni+2].[Ni+2]. The zero-order valence-corrected chi connectivity index (χ0v) is 23.9. The first-order valence-corrected chi connectivity index (χ1v) is 12.5. The van der Waals surface area contributed by atoms with Crippen molar-refractivity contribution in [3.63, 3.8) is 0 Å². The van der Waals surface area contributed by atoms with E-state index in [9.17, 15) is 39.6 Å². The second kappa shape index (κ2) is 15.4. The Morgan fingerprint density at radius 3 is 0.738 bits per heavy atom. The zero-order chi connectivity index (χ0) is 28.8. The van der Waals surface area contributed by atoms with Gasteiger partial charge in [-0.05, 0) is 68.1 Å². The number of nitrogens with zero attached hydrogens (tertiary/aromatic N) is 2. The molecule has 0 unspecified atom stereocenters. The molecule has 7 rings (SSSR count). The van der Waals surface area contributed by atoms with Crippen molar-refractivity contribution in [1.29, 1.82) is 0 Å². The number of carboxylic acids is 4. The molecule has 0 spiro atoms. The topological polar surface area (TPSA) is 167 Å². The Kier molecular flexibility index (Phi) is 12.6. The van der Waals surface area contributed by atoms with Crippen molar-refractivity contribution >= 4 is 45.4 Å². The minimum absolute atomic E-state index is 0. The molecule has 0 amide bonds. The van der Waals surface area contributed by atoms with E-state index >= 15 is 0 Å². The van der Waals surface area contributed by atoms with Gasteiger partial charge < -0.3 is 39.6 Å². The molecule has 3 saturated heterocycles. The van der Waals surface area contributed by atoms with Crippen molar-refractivity contribution < 1.29 is 72.6 Å². The number of fused-ring (bicyclic) bond motifs is 5. The normalized spacial score (nSPS) is 16.4. The van der Waals surface area contributed by atoms with Crippen LogP contribution in [0.1, 0.15) is 41.4 Å². The molecule has 0 atom stereocenters. The van der Waals surface area contributed by atoms with E-state index in [1.807, 2.05) is 0 Å². The van der Waals surface area contributed by atoms with Gasteiger partial charge in [0.2, 0.25) is 0 Å². The van der Waals surface area contributed by atoms with Crippen LogP contribution in [0.4, 0.5) is 0 Å². The quantitative estimate of drug-likeness (QED) is 0.242. The number of rotatable bonds is 4. The summed E-state index contributed by atoms with van der Waals surface area (Å²) in [4.78, 5) is 47.5. The Hall–Kier alpha value is -3.81.